The SMILES string of the molecule is COC(=O)COc1c(F)cc(SCCN(Cc2cnc[nH]2)S(=O)(=O)c2ccc(Cl)cc2)cc1F. The van der Waals surface area contributed by atoms with E-state index in [9.17, 15) is 22.0 Å². The van der Waals surface area contributed by atoms with Crippen LogP contribution >= 0.6 is 23.4 Å². The third-order valence-electron chi connectivity index (χ3n) is 4.50. The highest BCUT2D eigenvalue weighted by atomic mass is 35.5. The van der Waals surface area contributed by atoms with E-state index in [1.165, 1.54) is 41.1 Å². The molecule has 2 aromatic carbocycles. The molecule has 34 heavy (non-hydrogen) atoms. The van der Waals surface area contributed by atoms with E-state index in [0.717, 1.165) is 31.0 Å². The molecular weight excluding hydrogens is 512 g/mol. The molecule has 1 heterocycles. The Morgan fingerprint density at radius 3 is 2.47 bits per heavy atom. The highest BCUT2D eigenvalue weighted by Gasteiger charge is 2.25. The first-order valence-corrected chi connectivity index (χ1v) is 12.6. The monoisotopic (exact) mass is 531 g/mol. The molecule has 0 saturated carbocycles. The number of carbonyl (C=O) groups excluding carboxylic acids is 1. The van der Waals surface area contributed by atoms with Crippen LogP contribution in [0.5, 0.6) is 5.75 Å². The number of halogens is 3. The first-order valence-electron chi connectivity index (χ1n) is 9.75. The van der Waals surface area contributed by atoms with Gasteiger partial charge in [0.15, 0.2) is 24.0 Å². The van der Waals surface area contributed by atoms with Gasteiger partial charge in [0, 0.05) is 34.1 Å². The molecule has 0 aliphatic carbocycles. The van der Waals surface area contributed by atoms with E-state index in [-0.39, 0.29) is 28.6 Å². The van der Waals surface area contributed by atoms with Crippen LogP contribution < -0.4 is 4.74 Å². The molecule has 0 bridgehead atoms. The van der Waals surface area contributed by atoms with Gasteiger partial charge in [-0.3, -0.25) is 0 Å². The van der Waals surface area contributed by atoms with E-state index < -0.39 is 40.0 Å². The zero-order chi connectivity index (χ0) is 24.7. The summed E-state index contributed by atoms with van der Waals surface area (Å²) >= 11 is 6.93. The summed E-state index contributed by atoms with van der Waals surface area (Å²) in [6.45, 7) is -0.574. The number of ether oxygens (including phenoxy) is 2. The summed E-state index contributed by atoms with van der Waals surface area (Å²) in [5.41, 5.74) is 0.576. The van der Waals surface area contributed by atoms with E-state index in [1.54, 1.807) is 0 Å². The van der Waals surface area contributed by atoms with Crippen molar-refractivity contribution in [3.63, 3.8) is 0 Å². The number of aromatic nitrogens is 2. The number of benzene rings is 2. The van der Waals surface area contributed by atoms with Gasteiger partial charge >= 0.3 is 5.97 Å². The Hall–Kier alpha value is -2.67. The van der Waals surface area contributed by atoms with Gasteiger partial charge in [-0.1, -0.05) is 11.6 Å². The maximum Gasteiger partial charge on any atom is 0.343 e. The number of thioether (sulfide) groups is 1. The molecule has 3 aromatic rings. The zero-order valence-electron chi connectivity index (χ0n) is 17.8. The van der Waals surface area contributed by atoms with Crippen molar-refractivity contribution >= 4 is 39.4 Å². The quantitative estimate of drug-likeness (QED) is 0.296. The molecule has 0 spiro atoms. The Morgan fingerprint density at radius 1 is 1.21 bits per heavy atom. The molecule has 0 aliphatic rings. The summed E-state index contributed by atoms with van der Waals surface area (Å²) < 4.78 is 65.4. The Morgan fingerprint density at radius 2 is 1.88 bits per heavy atom. The fourth-order valence-corrected chi connectivity index (χ4v) is 5.40. The molecule has 8 nitrogen and oxygen atoms in total. The van der Waals surface area contributed by atoms with Gasteiger partial charge in [0.05, 0.1) is 24.9 Å². The summed E-state index contributed by atoms with van der Waals surface area (Å²) in [4.78, 5) is 18.2. The van der Waals surface area contributed by atoms with Gasteiger partial charge in [0.2, 0.25) is 10.0 Å². The largest absolute Gasteiger partial charge is 0.476 e. The first-order chi connectivity index (χ1) is 16.2. The van der Waals surface area contributed by atoms with Crippen molar-refractivity contribution in [2.24, 2.45) is 0 Å². The van der Waals surface area contributed by atoms with Crippen LogP contribution in [0.25, 0.3) is 0 Å². The molecule has 13 heteroatoms. The molecule has 0 saturated heterocycles. The second kappa shape index (κ2) is 11.6. The molecule has 0 atom stereocenters. The minimum Gasteiger partial charge on any atom is -0.476 e. The predicted molar refractivity (Wildman–Crippen MR) is 122 cm³/mol. The van der Waals surface area contributed by atoms with Crippen LogP contribution in [-0.4, -0.2) is 54.7 Å². The number of aromatic amines is 1. The maximum atomic E-state index is 14.3. The fraction of sp³-hybridized carbons (Fsp3) is 0.238. The average molecular weight is 532 g/mol. The molecular formula is C21H20ClF2N3O5S2. The standard InChI is InChI=1S/C21H20ClF2N3O5S2/c1-31-20(28)12-32-21-18(23)8-16(9-19(21)24)33-7-6-27(11-15-10-25-13-26-15)34(29,30)17-4-2-14(22)3-5-17/h2-5,8-10,13H,6-7,11-12H2,1H3,(H,25,26). The van der Waals surface area contributed by atoms with Crippen molar-refractivity contribution in [3.05, 3.63) is 71.3 Å². The summed E-state index contributed by atoms with van der Waals surface area (Å²) in [5, 5.41) is 0.401. The Bertz CT molecular complexity index is 1200. The predicted octanol–water partition coefficient (Wildman–Crippen LogP) is 3.88. The Labute approximate surface area is 204 Å². The van der Waals surface area contributed by atoms with Gasteiger partial charge < -0.3 is 14.5 Å². The average Bonchev–Trinajstić information content (AvgIpc) is 3.31. The molecule has 0 amide bonds. The minimum atomic E-state index is -3.89. The number of carbonyl (C=O) groups is 1. The minimum absolute atomic E-state index is 0.0224. The molecule has 0 fully saturated rings. The lowest BCUT2D eigenvalue weighted by atomic mass is 10.3. The van der Waals surface area contributed by atoms with Crippen LogP contribution in [0.3, 0.4) is 0 Å². The fourth-order valence-electron chi connectivity index (χ4n) is 2.81. The number of nitrogens with zero attached hydrogens (tertiary/aromatic N) is 2. The van der Waals surface area contributed by atoms with Crippen molar-refractivity contribution in [1.82, 2.24) is 14.3 Å². The number of hydrogen-bond donors (Lipinski definition) is 1. The van der Waals surface area contributed by atoms with Crippen LogP contribution in [0.15, 0.2) is 58.7 Å². The van der Waals surface area contributed by atoms with Crippen LogP contribution in [0.1, 0.15) is 5.69 Å². The van der Waals surface area contributed by atoms with Crippen LogP contribution in [0.4, 0.5) is 8.78 Å². The highest BCUT2D eigenvalue weighted by Crippen LogP contribution is 2.29. The van der Waals surface area contributed by atoms with Gasteiger partial charge in [-0.05, 0) is 36.4 Å². The summed E-state index contributed by atoms with van der Waals surface area (Å²) in [6.07, 6.45) is 2.95. The highest BCUT2D eigenvalue weighted by molar-refractivity contribution is 7.99. The normalized spacial score (nSPS) is 11.6. The second-order valence-electron chi connectivity index (χ2n) is 6.80. The molecule has 182 valence electrons. The topological polar surface area (TPSA) is 102 Å². The second-order valence-corrected chi connectivity index (χ2v) is 10.3. The van der Waals surface area contributed by atoms with E-state index in [4.69, 9.17) is 16.3 Å². The van der Waals surface area contributed by atoms with Crippen LogP contribution in [0.2, 0.25) is 5.02 Å². The lowest BCUT2D eigenvalue weighted by Crippen LogP contribution is -2.32. The number of rotatable bonds is 11. The van der Waals surface area contributed by atoms with E-state index in [2.05, 4.69) is 14.7 Å². The van der Waals surface area contributed by atoms with Gasteiger partial charge in [-0.25, -0.2) is 27.0 Å². The van der Waals surface area contributed by atoms with Gasteiger partial charge in [-0.2, -0.15) is 4.31 Å². The number of esters is 1. The zero-order valence-corrected chi connectivity index (χ0v) is 20.2. The molecule has 0 unspecified atom stereocenters. The molecule has 0 aliphatic heterocycles. The van der Waals surface area contributed by atoms with Crippen molar-refractivity contribution < 1.29 is 31.5 Å². The number of H-pyrrole nitrogens is 1. The van der Waals surface area contributed by atoms with E-state index in [0.29, 0.717) is 10.7 Å². The van der Waals surface area contributed by atoms with Crippen LogP contribution in [-0.2, 0) is 26.1 Å². The van der Waals surface area contributed by atoms with E-state index >= 15 is 0 Å². The van der Waals surface area contributed by atoms with E-state index in [1.807, 2.05) is 0 Å². The first kappa shape index (κ1) is 25.9. The van der Waals surface area contributed by atoms with Crippen molar-refractivity contribution in [1.29, 1.82) is 0 Å². The third-order valence-corrected chi connectivity index (χ3v) is 7.56. The lowest BCUT2D eigenvalue weighted by molar-refractivity contribution is -0.143. The lowest BCUT2D eigenvalue weighted by Gasteiger charge is -2.21. The smallest absolute Gasteiger partial charge is 0.343 e. The summed E-state index contributed by atoms with van der Waals surface area (Å²) in [7, 11) is -2.76. The third kappa shape index (κ3) is 6.69. The molecule has 1 N–H and O–H groups in total. The summed E-state index contributed by atoms with van der Waals surface area (Å²) in [5.74, 6) is -3.26. The number of imidazole rings is 1. The maximum absolute atomic E-state index is 14.3. The summed E-state index contributed by atoms with van der Waals surface area (Å²) in [6, 6.07) is 7.87. The van der Waals surface area contributed by atoms with Crippen LogP contribution in [0, 0.1) is 11.6 Å². The van der Waals surface area contributed by atoms with Crippen molar-refractivity contribution in [3.8, 4) is 5.75 Å². The van der Waals surface area contributed by atoms with Gasteiger partial charge in [0.25, 0.3) is 0 Å². The molecule has 3 rings (SSSR count). The van der Waals surface area contributed by atoms with Gasteiger partial charge in [-0.15, -0.1) is 11.8 Å². The Kier molecular flexibility index (Phi) is 8.89. The number of nitrogens with one attached hydrogen (secondary N) is 1. The van der Waals surface area contributed by atoms with Crippen molar-refractivity contribution in [2.75, 3.05) is 26.0 Å². The molecule has 0 radical (unpaired) electrons. The number of hydrogen-bond acceptors (Lipinski definition) is 7. The number of methoxy groups -OCH3 is 1. The van der Waals surface area contributed by atoms with Crippen molar-refractivity contribution in [2.45, 2.75) is 16.3 Å². The Balaban J connectivity index is 1.72. The number of sulfonamides is 1. The molecule has 1 aromatic heterocycles. The van der Waals surface area contributed by atoms with Gasteiger partial charge in [0.1, 0.15) is 0 Å².